The predicted octanol–water partition coefficient (Wildman–Crippen LogP) is 1.40. The number of hydrogen-bond donors (Lipinski definition) is 1. The molecule has 0 bridgehead atoms. The van der Waals surface area contributed by atoms with Crippen molar-refractivity contribution in [3.05, 3.63) is 0 Å². The van der Waals surface area contributed by atoms with Crippen LogP contribution in [-0.2, 0) is 0 Å². The first-order valence-corrected chi connectivity index (χ1v) is 4.97. The third-order valence-electron chi connectivity index (χ3n) is 1.80. The molecule has 0 aliphatic rings. The maximum atomic E-state index is 6.05. The van der Waals surface area contributed by atoms with Crippen LogP contribution >= 0.6 is 11.6 Å². The molecule has 1 N–H and O–H groups in total. The number of nitrogens with one attached hydrogen (secondary N) is 1. The number of likely N-dealkylation sites (N-methyl/N-ethyl adjacent to an activating group) is 1. The van der Waals surface area contributed by atoms with E-state index in [2.05, 4.69) is 38.2 Å². The highest BCUT2D eigenvalue weighted by atomic mass is 35.5. The van der Waals surface area contributed by atoms with Crippen LogP contribution in [0.2, 0.25) is 0 Å². The van der Waals surface area contributed by atoms with Crippen LogP contribution < -0.4 is 5.32 Å². The van der Waals surface area contributed by atoms with E-state index < -0.39 is 0 Å². The van der Waals surface area contributed by atoms with Crippen molar-refractivity contribution in [2.45, 2.75) is 19.2 Å². The molecule has 0 aromatic heterocycles. The van der Waals surface area contributed by atoms with Crippen molar-refractivity contribution in [3.8, 4) is 0 Å². The highest BCUT2D eigenvalue weighted by molar-refractivity contribution is 6.20. The predicted molar refractivity (Wildman–Crippen MR) is 55.9 cm³/mol. The molecule has 0 saturated heterocycles. The quantitative estimate of drug-likeness (QED) is 0.506. The zero-order valence-corrected chi connectivity index (χ0v) is 9.36. The lowest BCUT2D eigenvalue weighted by atomic mass is 10.1. The van der Waals surface area contributed by atoms with Gasteiger partial charge in [-0.3, -0.25) is 0 Å². The number of alkyl halides is 1. The summed E-state index contributed by atoms with van der Waals surface area (Å²) in [5.74, 6) is 0.554. The van der Waals surface area contributed by atoms with Crippen molar-refractivity contribution in [1.29, 1.82) is 0 Å². The Hall–Kier alpha value is 0.210. The van der Waals surface area contributed by atoms with E-state index in [9.17, 15) is 0 Å². The first-order chi connectivity index (χ1) is 5.54. The Bertz CT molecular complexity index is 105. The monoisotopic (exact) mass is 192 g/mol. The molecule has 0 fully saturated rings. The molecule has 74 valence electrons. The van der Waals surface area contributed by atoms with Crippen molar-refractivity contribution in [3.63, 3.8) is 0 Å². The van der Waals surface area contributed by atoms with Crippen LogP contribution in [0.15, 0.2) is 0 Å². The molecule has 0 rings (SSSR count). The zero-order valence-electron chi connectivity index (χ0n) is 8.60. The topological polar surface area (TPSA) is 15.3 Å². The van der Waals surface area contributed by atoms with Crippen LogP contribution in [0.25, 0.3) is 0 Å². The minimum atomic E-state index is 0.257. The molecule has 1 atom stereocenters. The number of hydrogen-bond acceptors (Lipinski definition) is 2. The standard InChI is InChI=1S/C9H21ClN2/c1-8(2)9(10)7-11-5-6-12(3)4/h8-9,11H,5-7H2,1-4H3. The Morgan fingerprint density at radius 1 is 1.33 bits per heavy atom. The second kappa shape index (κ2) is 6.70. The van der Waals surface area contributed by atoms with Gasteiger partial charge in [0.1, 0.15) is 0 Å². The second-order valence-corrected chi connectivity index (χ2v) is 4.33. The van der Waals surface area contributed by atoms with Gasteiger partial charge in [-0.1, -0.05) is 13.8 Å². The van der Waals surface area contributed by atoms with E-state index in [-0.39, 0.29) is 5.38 Å². The highest BCUT2D eigenvalue weighted by Gasteiger charge is 2.07. The van der Waals surface area contributed by atoms with Gasteiger partial charge in [0.2, 0.25) is 0 Å². The van der Waals surface area contributed by atoms with Gasteiger partial charge in [0.15, 0.2) is 0 Å². The average molecular weight is 193 g/mol. The summed E-state index contributed by atoms with van der Waals surface area (Å²) >= 11 is 6.05. The lowest BCUT2D eigenvalue weighted by Gasteiger charge is -2.15. The molecule has 0 aromatic carbocycles. The molecule has 0 aliphatic heterocycles. The molecule has 0 radical (unpaired) electrons. The summed E-state index contributed by atoms with van der Waals surface area (Å²) in [6.45, 7) is 7.29. The molecule has 0 amide bonds. The van der Waals surface area contributed by atoms with Crippen molar-refractivity contribution >= 4 is 11.6 Å². The molecule has 0 spiro atoms. The normalized spacial score (nSPS) is 14.2. The van der Waals surface area contributed by atoms with Crippen molar-refractivity contribution in [1.82, 2.24) is 10.2 Å². The van der Waals surface area contributed by atoms with E-state index in [0.29, 0.717) is 5.92 Å². The Morgan fingerprint density at radius 3 is 2.33 bits per heavy atom. The summed E-state index contributed by atoms with van der Waals surface area (Å²) in [7, 11) is 4.14. The van der Waals surface area contributed by atoms with Crippen LogP contribution in [0.1, 0.15) is 13.8 Å². The first-order valence-electron chi connectivity index (χ1n) is 4.53. The molecule has 3 heteroatoms. The maximum Gasteiger partial charge on any atom is 0.0483 e. The fourth-order valence-electron chi connectivity index (χ4n) is 0.778. The smallest absolute Gasteiger partial charge is 0.0483 e. The molecular weight excluding hydrogens is 172 g/mol. The second-order valence-electron chi connectivity index (χ2n) is 3.77. The molecule has 0 heterocycles. The molecule has 0 aromatic rings. The largest absolute Gasteiger partial charge is 0.314 e. The van der Waals surface area contributed by atoms with Gasteiger partial charge in [-0.25, -0.2) is 0 Å². The maximum absolute atomic E-state index is 6.05. The Balaban J connectivity index is 3.20. The van der Waals surface area contributed by atoms with Crippen LogP contribution in [0.4, 0.5) is 0 Å². The van der Waals surface area contributed by atoms with Gasteiger partial charge >= 0.3 is 0 Å². The van der Waals surface area contributed by atoms with Gasteiger partial charge in [0, 0.05) is 25.0 Å². The van der Waals surface area contributed by atoms with Crippen LogP contribution in [-0.4, -0.2) is 44.0 Å². The van der Waals surface area contributed by atoms with E-state index in [4.69, 9.17) is 11.6 Å². The first kappa shape index (κ1) is 12.2. The third kappa shape index (κ3) is 6.89. The van der Waals surface area contributed by atoms with Crippen molar-refractivity contribution < 1.29 is 0 Å². The van der Waals surface area contributed by atoms with E-state index in [0.717, 1.165) is 19.6 Å². The van der Waals surface area contributed by atoms with E-state index in [1.165, 1.54) is 0 Å². The summed E-state index contributed by atoms with van der Waals surface area (Å²) in [5, 5.41) is 3.58. The van der Waals surface area contributed by atoms with E-state index >= 15 is 0 Å². The molecule has 0 aliphatic carbocycles. The van der Waals surface area contributed by atoms with E-state index in [1.807, 2.05) is 0 Å². The lowest BCUT2D eigenvalue weighted by molar-refractivity contribution is 0.396. The SMILES string of the molecule is CC(C)C(Cl)CNCCN(C)C. The van der Waals surface area contributed by atoms with E-state index in [1.54, 1.807) is 0 Å². The highest BCUT2D eigenvalue weighted by Crippen LogP contribution is 2.07. The average Bonchev–Trinajstić information content (AvgIpc) is 1.97. The Morgan fingerprint density at radius 2 is 1.92 bits per heavy atom. The minimum Gasteiger partial charge on any atom is -0.314 e. The summed E-state index contributed by atoms with van der Waals surface area (Å²) < 4.78 is 0. The van der Waals surface area contributed by atoms with Gasteiger partial charge in [-0.15, -0.1) is 11.6 Å². The molecular formula is C9H21ClN2. The van der Waals surface area contributed by atoms with Crippen LogP contribution in [0.5, 0.6) is 0 Å². The summed E-state index contributed by atoms with van der Waals surface area (Å²) in [6, 6.07) is 0. The molecule has 12 heavy (non-hydrogen) atoms. The van der Waals surface area contributed by atoms with Gasteiger partial charge in [0.05, 0.1) is 0 Å². The number of rotatable bonds is 6. The summed E-state index contributed by atoms with van der Waals surface area (Å²) in [6.07, 6.45) is 0. The third-order valence-corrected chi connectivity index (χ3v) is 2.46. The molecule has 0 saturated carbocycles. The zero-order chi connectivity index (χ0) is 9.56. The fourth-order valence-corrected chi connectivity index (χ4v) is 0.887. The van der Waals surface area contributed by atoms with Gasteiger partial charge in [-0.05, 0) is 20.0 Å². The van der Waals surface area contributed by atoms with Crippen LogP contribution in [0, 0.1) is 5.92 Å². The van der Waals surface area contributed by atoms with Crippen molar-refractivity contribution in [2.75, 3.05) is 33.7 Å². The Labute approximate surface area is 81.3 Å². The molecule has 1 unspecified atom stereocenters. The summed E-state index contributed by atoms with van der Waals surface area (Å²) in [4.78, 5) is 2.16. The summed E-state index contributed by atoms with van der Waals surface area (Å²) in [5.41, 5.74) is 0. The van der Waals surface area contributed by atoms with Gasteiger partial charge in [-0.2, -0.15) is 0 Å². The van der Waals surface area contributed by atoms with Crippen LogP contribution in [0.3, 0.4) is 0 Å². The minimum absolute atomic E-state index is 0.257. The number of nitrogens with zero attached hydrogens (tertiary/aromatic N) is 1. The van der Waals surface area contributed by atoms with Crippen molar-refractivity contribution in [2.24, 2.45) is 5.92 Å². The Kier molecular flexibility index (Phi) is 6.81. The number of halogens is 1. The lowest BCUT2D eigenvalue weighted by Crippen LogP contribution is -2.32. The van der Waals surface area contributed by atoms with Gasteiger partial charge < -0.3 is 10.2 Å². The van der Waals surface area contributed by atoms with Gasteiger partial charge in [0.25, 0.3) is 0 Å². The molecule has 2 nitrogen and oxygen atoms in total. The fraction of sp³-hybridized carbons (Fsp3) is 1.00.